The van der Waals surface area contributed by atoms with Gasteiger partial charge in [-0.3, -0.25) is 9.71 Å². The topological polar surface area (TPSA) is 85.1 Å². The molecule has 1 aromatic heterocycles. The van der Waals surface area contributed by atoms with Crippen molar-refractivity contribution in [1.82, 2.24) is 4.98 Å². The zero-order chi connectivity index (χ0) is 14.9. The van der Waals surface area contributed by atoms with Crippen LogP contribution in [0.15, 0.2) is 40.0 Å². The number of sulfonamides is 1. The Labute approximate surface area is 126 Å². The number of aromatic nitrogens is 1. The van der Waals surface area contributed by atoms with E-state index in [9.17, 15) is 8.42 Å². The number of nitrogens with zero attached hydrogens (tertiary/aromatic N) is 1. The summed E-state index contributed by atoms with van der Waals surface area (Å²) in [4.78, 5) is 4.07. The molecular weight excluding hydrogens is 342 g/mol. The number of nitrogens with one attached hydrogen (secondary N) is 1. The van der Waals surface area contributed by atoms with Crippen LogP contribution in [0.5, 0.6) is 0 Å². The van der Waals surface area contributed by atoms with Gasteiger partial charge in [-0.25, -0.2) is 8.42 Å². The van der Waals surface area contributed by atoms with Crippen molar-refractivity contribution in [2.24, 2.45) is 0 Å². The molecule has 0 radical (unpaired) electrons. The highest BCUT2D eigenvalue weighted by atomic mass is 79.9. The van der Waals surface area contributed by atoms with E-state index in [0.717, 1.165) is 5.56 Å². The minimum absolute atomic E-state index is 0.154. The second-order valence-corrected chi connectivity index (χ2v) is 6.94. The van der Waals surface area contributed by atoms with Crippen LogP contribution < -0.4 is 10.5 Å². The molecular formula is C13H14BrN3O2S. The SMILES string of the molecule is Cc1ccncc1NS(=O)(=O)c1cc(N)c(Br)cc1C. The summed E-state index contributed by atoms with van der Waals surface area (Å²) >= 11 is 3.28. The maximum absolute atomic E-state index is 12.4. The summed E-state index contributed by atoms with van der Waals surface area (Å²) in [5, 5.41) is 0. The lowest BCUT2D eigenvalue weighted by Gasteiger charge is -2.13. The van der Waals surface area contributed by atoms with Crippen molar-refractivity contribution in [1.29, 1.82) is 0 Å². The summed E-state index contributed by atoms with van der Waals surface area (Å²) < 4.78 is 28.1. The molecule has 1 aromatic carbocycles. The third-order valence-corrected chi connectivity index (χ3v) is 5.06. The maximum atomic E-state index is 12.4. The molecule has 3 N–H and O–H groups in total. The molecule has 0 bridgehead atoms. The van der Waals surface area contributed by atoms with Crippen molar-refractivity contribution in [3.05, 3.63) is 46.2 Å². The molecule has 0 fully saturated rings. The zero-order valence-electron chi connectivity index (χ0n) is 11.0. The summed E-state index contributed by atoms with van der Waals surface area (Å²) in [5.41, 5.74) is 7.99. The highest BCUT2D eigenvalue weighted by molar-refractivity contribution is 9.10. The van der Waals surface area contributed by atoms with Gasteiger partial charge in [0.15, 0.2) is 0 Å². The van der Waals surface area contributed by atoms with Crippen molar-refractivity contribution in [3.8, 4) is 0 Å². The number of aryl methyl sites for hydroxylation is 2. The van der Waals surface area contributed by atoms with Crippen molar-refractivity contribution in [2.45, 2.75) is 18.7 Å². The summed E-state index contributed by atoms with van der Waals surface area (Å²) in [7, 11) is -3.70. The first-order valence-corrected chi connectivity index (χ1v) is 8.08. The Morgan fingerprint density at radius 3 is 2.60 bits per heavy atom. The second kappa shape index (κ2) is 5.41. The van der Waals surface area contributed by atoms with Crippen molar-refractivity contribution in [2.75, 3.05) is 10.5 Å². The van der Waals surface area contributed by atoms with E-state index in [-0.39, 0.29) is 4.90 Å². The molecule has 106 valence electrons. The molecule has 0 spiro atoms. The van der Waals surface area contributed by atoms with E-state index in [4.69, 9.17) is 5.73 Å². The van der Waals surface area contributed by atoms with Crippen LogP contribution in [0.3, 0.4) is 0 Å². The number of nitrogens with two attached hydrogens (primary N) is 1. The normalized spacial score (nSPS) is 11.3. The number of hydrogen-bond acceptors (Lipinski definition) is 4. The van der Waals surface area contributed by atoms with Crippen LogP contribution in [0, 0.1) is 13.8 Å². The van der Waals surface area contributed by atoms with Crippen molar-refractivity contribution in [3.63, 3.8) is 0 Å². The first-order valence-electron chi connectivity index (χ1n) is 5.80. The summed E-state index contributed by atoms with van der Waals surface area (Å²) in [5.74, 6) is 0. The Hall–Kier alpha value is -1.60. The fourth-order valence-electron chi connectivity index (χ4n) is 1.73. The Morgan fingerprint density at radius 2 is 1.95 bits per heavy atom. The molecule has 7 heteroatoms. The Balaban J connectivity index is 2.47. The molecule has 20 heavy (non-hydrogen) atoms. The fourth-order valence-corrected chi connectivity index (χ4v) is 3.56. The van der Waals surface area contributed by atoms with Crippen molar-refractivity contribution < 1.29 is 8.42 Å². The standard InChI is InChI=1S/C13H14BrN3O2S/c1-8-3-4-16-7-12(8)17-20(18,19)13-6-11(15)10(14)5-9(13)2/h3-7,17H,15H2,1-2H3. The number of anilines is 2. The van der Waals surface area contributed by atoms with Crippen LogP contribution in [0.1, 0.15) is 11.1 Å². The molecule has 0 saturated heterocycles. The largest absolute Gasteiger partial charge is 0.398 e. The van der Waals surface area contributed by atoms with E-state index in [1.165, 1.54) is 12.3 Å². The molecule has 0 aliphatic rings. The molecule has 1 heterocycles. The van der Waals surface area contributed by atoms with E-state index in [0.29, 0.717) is 21.4 Å². The number of pyridine rings is 1. The van der Waals surface area contributed by atoms with E-state index >= 15 is 0 Å². The summed E-state index contributed by atoms with van der Waals surface area (Å²) in [6.07, 6.45) is 3.08. The van der Waals surface area contributed by atoms with Gasteiger partial charge in [0.25, 0.3) is 10.0 Å². The van der Waals surface area contributed by atoms with Crippen molar-refractivity contribution >= 4 is 37.3 Å². The Bertz CT molecular complexity index is 760. The highest BCUT2D eigenvalue weighted by Crippen LogP contribution is 2.28. The van der Waals surface area contributed by atoms with Crippen LogP contribution in [0.4, 0.5) is 11.4 Å². The zero-order valence-corrected chi connectivity index (χ0v) is 13.4. The third kappa shape index (κ3) is 2.94. The number of halogens is 1. The van der Waals surface area contributed by atoms with Gasteiger partial charge in [0, 0.05) is 16.4 Å². The van der Waals surface area contributed by atoms with E-state index in [1.54, 1.807) is 25.3 Å². The summed E-state index contributed by atoms with van der Waals surface area (Å²) in [6, 6.07) is 4.86. The van der Waals surface area contributed by atoms with E-state index < -0.39 is 10.0 Å². The predicted molar refractivity (Wildman–Crippen MR) is 83.1 cm³/mol. The molecule has 0 atom stereocenters. The minimum Gasteiger partial charge on any atom is -0.398 e. The van der Waals surface area contributed by atoms with Gasteiger partial charge in [-0.15, -0.1) is 0 Å². The third-order valence-electron chi connectivity index (χ3n) is 2.87. The predicted octanol–water partition coefficient (Wildman–Crippen LogP) is 2.84. The van der Waals surface area contributed by atoms with Gasteiger partial charge in [0.05, 0.1) is 16.8 Å². The molecule has 2 aromatic rings. The number of rotatable bonds is 3. The van der Waals surface area contributed by atoms with Crippen LogP contribution >= 0.6 is 15.9 Å². The molecule has 0 amide bonds. The van der Waals surface area contributed by atoms with Gasteiger partial charge in [-0.2, -0.15) is 0 Å². The minimum atomic E-state index is -3.70. The van der Waals surface area contributed by atoms with Gasteiger partial charge >= 0.3 is 0 Å². The monoisotopic (exact) mass is 355 g/mol. The van der Waals surface area contributed by atoms with Crippen LogP contribution in [0.25, 0.3) is 0 Å². The average Bonchev–Trinajstić information content (AvgIpc) is 2.36. The quantitative estimate of drug-likeness (QED) is 0.829. The first-order chi connectivity index (χ1) is 9.31. The molecule has 0 unspecified atom stereocenters. The lowest BCUT2D eigenvalue weighted by atomic mass is 10.2. The smallest absolute Gasteiger partial charge is 0.262 e. The Morgan fingerprint density at radius 1 is 1.25 bits per heavy atom. The average molecular weight is 356 g/mol. The molecule has 0 saturated carbocycles. The second-order valence-electron chi connectivity index (χ2n) is 4.44. The lowest BCUT2D eigenvalue weighted by Crippen LogP contribution is -2.15. The molecule has 2 rings (SSSR count). The van der Waals surface area contributed by atoms with Crippen LogP contribution in [-0.2, 0) is 10.0 Å². The summed E-state index contributed by atoms with van der Waals surface area (Å²) in [6.45, 7) is 3.52. The van der Waals surface area contributed by atoms with E-state index in [1.807, 2.05) is 6.92 Å². The molecule has 0 aliphatic heterocycles. The maximum Gasteiger partial charge on any atom is 0.262 e. The van der Waals surface area contributed by atoms with Gasteiger partial charge in [0.1, 0.15) is 0 Å². The van der Waals surface area contributed by atoms with E-state index in [2.05, 4.69) is 25.6 Å². The first kappa shape index (κ1) is 14.8. The van der Waals surface area contributed by atoms with Crippen LogP contribution in [0.2, 0.25) is 0 Å². The van der Waals surface area contributed by atoms with Gasteiger partial charge in [0.2, 0.25) is 0 Å². The fraction of sp³-hybridized carbons (Fsp3) is 0.154. The number of benzene rings is 1. The Kier molecular flexibility index (Phi) is 4.01. The van der Waals surface area contributed by atoms with Crippen LogP contribution in [-0.4, -0.2) is 13.4 Å². The highest BCUT2D eigenvalue weighted by Gasteiger charge is 2.19. The molecule has 5 nitrogen and oxygen atoms in total. The van der Waals surface area contributed by atoms with Gasteiger partial charge in [-0.05, 0) is 59.1 Å². The van der Waals surface area contributed by atoms with Gasteiger partial charge in [-0.1, -0.05) is 0 Å². The number of hydrogen-bond donors (Lipinski definition) is 2. The molecule has 0 aliphatic carbocycles. The van der Waals surface area contributed by atoms with Gasteiger partial charge < -0.3 is 5.73 Å². The lowest BCUT2D eigenvalue weighted by molar-refractivity contribution is 0.600. The number of nitrogen functional groups attached to an aromatic ring is 1.